The maximum absolute atomic E-state index is 12.2. The Balaban J connectivity index is 2.15. The third kappa shape index (κ3) is 6.14. The van der Waals surface area contributed by atoms with Gasteiger partial charge in [-0.3, -0.25) is 4.79 Å². The van der Waals surface area contributed by atoms with Gasteiger partial charge in [0.2, 0.25) is 15.9 Å². The number of amides is 1. The Hall–Kier alpha value is -2.69. The van der Waals surface area contributed by atoms with E-state index in [1.165, 1.54) is 56.6 Å². The molecule has 7 nitrogen and oxygen atoms in total. The van der Waals surface area contributed by atoms with Crippen LogP contribution in [0.4, 0.5) is 14.5 Å². The first kappa shape index (κ1) is 22.6. The van der Waals surface area contributed by atoms with Gasteiger partial charge in [-0.25, -0.2) is 13.1 Å². The number of methoxy groups -OCH3 is 1. The van der Waals surface area contributed by atoms with Gasteiger partial charge >= 0.3 is 6.61 Å². The van der Waals surface area contributed by atoms with Crippen LogP contribution >= 0.6 is 11.6 Å². The van der Waals surface area contributed by atoms with Crippen LogP contribution in [-0.2, 0) is 14.8 Å². The minimum atomic E-state index is -3.76. The average Bonchev–Trinajstić information content (AvgIpc) is 2.68. The molecule has 0 bridgehead atoms. The molecular weight excluding hydrogens is 430 g/mol. The van der Waals surface area contributed by atoms with Gasteiger partial charge in [-0.15, -0.1) is 0 Å². The molecule has 2 aromatic carbocycles. The summed E-state index contributed by atoms with van der Waals surface area (Å²) >= 11 is 5.83. The fourth-order valence-electron chi connectivity index (χ4n) is 2.24. The minimum absolute atomic E-state index is 0.0774. The molecule has 0 aliphatic heterocycles. The fraction of sp³-hybridized carbons (Fsp3) is 0.167. The van der Waals surface area contributed by atoms with E-state index in [4.69, 9.17) is 16.3 Å². The molecule has 0 fully saturated rings. The third-order valence-electron chi connectivity index (χ3n) is 3.59. The van der Waals surface area contributed by atoms with Gasteiger partial charge in [-0.05, 0) is 49.0 Å². The van der Waals surface area contributed by atoms with Crippen LogP contribution in [0.3, 0.4) is 0 Å². The smallest absolute Gasteiger partial charge is 0.387 e. The quantitative estimate of drug-likeness (QED) is 0.605. The average molecular weight is 447 g/mol. The number of nitrogens with one attached hydrogen (secondary N) is 2. The van der Waals surface area contributed by atoms with Crippen LogP contribution in [0, 0.1) is 0 Å². The van der Waals surface area contributed by atoms with Crippen LogP contribution in [0.5, 0.6) is 11.5 Å². The standard InChI is InChI=1S/C18H17ClF2N2O5S/c1-22-29(25,26)16-9-11(3-6-15(16)27-2)4-8-17(24)23-12-5-7-14(13(19)10-12)28-18(20)21/h3-10,18,22H,1-2H3,(H,23,24)/b8-4+. The molecule has 0 aliphatic carbocycles. The van der Waals surface area contributed by atoms with Gasteiger partial charge in [0.05, 0.1) is 12.1 Å². The summed E-state index contributed by atoms with van der Waals surface area (Å²) in [6, 6.07) is 8.19. The highest BCUT2D eigenvalue weighted by Gasteiger charge is 2.17. The SMILES string of the molecule is CNS(=O)(=O)c1cc(/C=C/C(=O)Nc2ccc(OC(F)F)c(Cl)c2)ccc1OC. The molecule has 2 aromatic rings. The maximum Gasteiger partial charge on any atom is 0.387 e. The van der Waals surface area contributed by atoms with Crippen molar-refractivity contribution in [1.29, 1.82) is 0 Å². The summed E-state index contributed by atoms with van der Waals surface area (Å²) in [5, 5.41) is 2.41. The van der Waals surface area contributed by atoms with Crippen molar-refractivity contribution in [3.63, 3.8) is 0 Å². The number of carbonyl (C=O) groups excluding carboxylic acids is 1. The zero-order valence-electron chi connectivity index (χ0n) is 15.3. The summed E-state index contributed by atoms with van der Waals surface area (Å²) in [4.78, 5) is 12.0. The van der Waals surface area contributed by atoms with E-state index in [1.807, 2.05) is 0 Å². The lowest BCUT2D eigenvalue weighted by Gasteiger charge is -2.10. The van der Waals surface area contributed by atoms with Crippen molar-refractivity contribution < 1.29 is 31.5 Å². The monoisotopic (exact) mass is 446 g/mol. The lowest BCUT2D eigenvalue weighted by Crippen LogP contribution is -2.19. The zero-order chi connectivity index (χ0) is 21.6. The summed E-state index contributed by atoms with van der Waals surface area (Å²) in [7, 11) is -1.14. The van der Waals surface area contributed by atoms with Gasteiger partial charge in [0.15, 0.2) is 0 Å². The highest BCUT2D eigenvalue weighted by Crippen LogP contribution is 2.29. The van der Waals surface area contributed by atoms with Gasteiger partial charge in [0, 0.05) is 11.8 Å². The van der Waals surface area contributed by atoms with E-state index in [2.05, 4.69) is 14.8 Å². The number of halogens is 3. The third-order valence-corrected chi connectivity index (χ3v) is 5.32. The van der Waals surface area contributed by atoms with Gasteiger partial charge in [0.25, 0.3) is 0 Å². The molecule has 0 heterocycles. The Labute approximate surface area is 171 Å². The van der Waals surface area contributed by atoms with E-state index in [1.54, 1.807) is 6.07 Å². The molecule has 0 atom stereocenters. The van der Waals surface area contributed by atoms with E-state index in [9.17, 15) is 22.0 Å². The van der Waals surface area contributed by atoms with E-state index >= 15 is 0 Å². The first-order valence-electron chi connectivity index (χ1n) is 8.01. The van der Waals surface area contributed by atoms with Crippen molar-refractivity contribution in [2.75, 3.05) is 19.5 Å². The molecule has 29 heavy (non-hydrogen) atoms. The lowest BCUT2D eigenvalue weighted by atomic mass is 10.2. The summed E-state index contributed by atoms with van der Waals surface area (Å²) in [6.45, 7) is -3.02. The topological polar surface area (TPSA) is 93.7 Å². The normalized spacial score (nSPS) is 11.7. The molecule has 0 spiro atoms. The predicted molar refractivity (Wildman–Crippen MR) is 105 cm³/mol. The Bertz CT molecular complexity index is 1030. The van der Waals surface area contributed by atoms with Gasteiger partial charge in [-0.1, -0.05) is 17.7 Å². The highest BCUT2D eigenvalue weighted by molar-refractivity contribution is 7.89. The molecule has 1 amide bonds. The van der Waals surface area contributed by atoms with Crippen molar-refractivity contribution in [3.05, 3.63) is 53.1 Å². The van der Waals surface area contributed by atoms with Crippen LogP contribution in [0.1, 0.15) is 5.56 Å². The number of carbonyl (C=O) groups is 1. The van der Waals surface area contributed by atoms with Crippen molar-refractivity contribution in [2.45, 2.75) is 11.5 Å². The summed E-state index contributed by atoms with van der Waals surface area (Å²) in [5.41, 5.74) is 0.702. The van der Waals surface area contributed by atoms with Crippen LogP contribution in [0.15, 0.2) is 47.4 Å². The number of anilines is 1. The molecule has 0 aromatic heterocycles. The molecular formula is C18H17ClF2N2O5S. The fourth-order valence-corrected chi connectivity index (χ4v) is 3.40. The first-order valence-corrected chi connectivity index (χ1v) is 9.87. The number of alkyl halides is 2. The molecule has 0 saturated heterocycles. The van der Waals surface area contributed by atoms with Gasteiger partial charge < -0.3 is 14.8 Å². The van der Waals surface area contributed by atoms with E-state index in [0.717, 1.165) is 0 Å². The van der Waals surface area contributed by atoms with Crippen molar-refractivity contribution in [3.8, 4) is 11.5 Å². The van der Waals surface area contributed by atoms with Crippen LogP contribution < -0.4 is 19.5 Å². The largest absolute Gasteiger partial charge is 0.495 e. The molecule has 0 radical (unpaired) electrons. The number of rotatable bonds is 8. The second kappa shape index (κ2) is 9.68. The highest BCUT2D eigenvalue weighted by atomic mass is 35.5. The summed E-state index contributed by atoms with van der Waals surface area (Å²) in [5.74, 6) is -0.606. The molecule has 156 valence electrons. The Morgan fingerprint density at radius 2 is 1.86 bits per heavy atom. The Kier molecular flexibility index (Phi) is 7.54. The maximum atomic E-state index is 12.2. The number of hydrogen-bond acceptors (Lipinski definition) is 5. The minimum Gasteiger partial charge on any atom is -0.495 e. The second-order valence-corrected chi connectivity index (χ2v) is 7.73. The second-order valence-electron chi connectivity index (χ2n) is 5.46. The molecule has 0 saturated carbocycles. The number of hydrogen-bond donors (Lipinski definition) is 2. The van der Waals surface area contributed by atoms with Crippen LogP contribution in [0.25, 0.3) is 6.08 Å². The number of ether oxygens (including phenoxy) is 2. The zero-order valence-corrected chi connectivity index (χ0v) is 16.9. The van der Waals surface area contributed by atoms with E-state index in [-0.39, 0.29) is 27.1 Å². The van der Waals surface area contributed by atoms with Crippen molar-refractivity contribution in [1.82, 2.24) is 4.72 Å². The van der Waals surface area contributed by atoms with Gasteiger partial charge in [0.1, 0.15) is 16.4 Å². The Morgan fingerprint density at radius 1 is 1.17 bits per heavy atom. The lowest BCUT2D eigenvalue weighted by molar-refractivity contribution is -0.111. The number of benzene rings is 2. The van der Waals surface area contributed by atoms with E-state index < -0.39 is 22.5 Å². The molecule has 0 aliphatic rings. The summed E-state index contributed by atoms with van der Waals surface area (Å²) < 4.78 is 60.1. The van der Waals surface area contributed by atoms with Crippen molar-refractivity contribution >= 4 is 39.3 Å². The molecule has 2 N–H and O–H groups in total. The first-order chi connectivity index (χ1) is 13.7. The Morgan fingerprint density at radius 3 is 2.45 bits per heavy atom. The molecule has 0 unspecified atom stereocenters. The van der Waals surface area contributed by atoms with Crippen LogP contribution in [0.2, 0.25) is 5.02 Å². The number of sulfonamides is 1. The molecule has 11 heteroatoms. The van der Waals surface area contributed by atoms with Gasteiger partial charge in [-0.2, -0.15) is 8.78 Å². The van der Waals surface area contributed by atoms with Crippen LogP contribution in [-0.4, -0.2) is 35.1 Å². The summed E-state index contributed by atoms with van der Waals surface area (Å²) in [6.07, 6.45) is 2.58. The predicted octanol–water partition coefficient (Wildman–Crippen LogP) is 3.51. The molecule has 2 rings (SSSR count). The van der Waals surface area contributed by atoms with Crippen molar-refractivity contribution in [2.24, 2.45) is 0 Å². The van der Waals surface area contributed by atoms with E-state index in [0.29, 0.717) is 5.56 Å².